The SMILES string of the molecule is CCN(CCCN)C(=O)C(C)C1CC1. The van der Waals surface area contributed by atoms with Gasteiger partial charge in [-0.3, -0.25) is 4.79 Å². The van der Waals surface area contributed by atoms with E-state index < -0.39 is 0 Å². The van der Waals surface area contributed by atoms with Gasteiger partial charge < -0.3 is 10.6 Å². The molecular weight excluding hydrogens is 176 g/mol. The molecule has 3 nitrogen and oxygen atoms in total. The number of rotatable bonds is 6. The average Bonchev–Trinajstić information content (AvgIpc) is 3.01. The number of carbonyl (C=O) groups is 1. The predicted octanol–water partition coefficient (Wildman–Crippen LogP) is 1.23. The normalized spacial score (nSPS) is 17.9. The maximum Gasteiger partial charge on any atom is 0.225 e. The lowest BCUT2D eigenvalue weighted by Crippen LogP contribution is -2.37. The Hall–Kier alpha value is -0.570. The molecule has 1 rings (SSSR count). The van der Waals surface area contributed by atoms with Crippen LogP contribution in [-0.4, -0.2) is 30.4 Å². The van der Waals surface area contributed by atoms with Crippen LogP contribution < -0.4 is 5.73 Å². The quantitative estimate of drug-likeness (QED) is 0.697. The Morgan fingerprint density at radius 3 is 2.64 bits per heavy atom. The van der Waals surface area contributed by atoms with E-state index >= 15 is 0 Å². The summed E-state index contributed by atoms with van der Waals surface area (Å²) >= 11 is 0. The fourth-order valence-electron chi connectivity index (χ4n) is 1.79. The molecule has 0 aliphatic heterocycles. The summed E-state index contributed by atoms with van der Waals surface area (Å²) in [6.07, 6.45) is 3.39. The number of hydrogen-bond donors (Lipinski definition) is 1. The van der Waals surface area contributed by atoms with Gasteiger partial charge in [-0.05, 0) is 38.6 Å². The van der Waals surface area contributed by atoms with E-state index in [2.05, 4.69) is 6.92 Å². The van der Waals surface area contributed by atoms with E-state index in [0.717, 1.165) is 19.5 Å². The first-order valence-electron chi connectivity index (χ1n) is 5.69. The monoisotopic (exact) mass is 198 g/mol. The van der Waals surface area contributed by atoms with Gasteiger partial charge in [-0.15, -0.1) is 0 Å². The van der Waals surface area contributed by atoms with Crippen LogP contribution in [0.2, 0.25) is 0 Å². The zero-order valence-electron chi connectivity index (χ0n) is 9.33. The molecule has 3 heteroatoms. The van der Waals surface area contributed by atoms with Crippen LogP contribution in [-0.2, 0) is 4.79 Å². The van der Waals surface area contributed by atoms with Crippen LogP contribution in [0.25, 0.3) is 0 Å². The summed E-state index contributed by atoms with van der Waals surface area (Å²) in [6, 6.07) is 0. The van der Waals surface area contributed by atoms with Crippen molar-refractivity contribution in [2.75, 3.05) is 19.6 Å². The minimum absolute atomic E-state index is 0.229. The van der Waals surface area contributed by atoms with E-state index in [1.165, 1.54) is 12.8 Å². The molecule has 0 heterocycles. The first-order valence-corrected chi connectivity index (χ1v) is 5.69. The molecule has 0 bridgehead atoms. The summed E-state index contributed by atoms with van der Waals surface area (Å²) in [7, 11) is 0. The highest BCUT2D eigenvalue weighted by atomic mass is 16.2. The van der Waals surface area contributed by atoms with Gasteiger partial charge in [0.2, 0.25) is 5.91 Å². The van der Waals surface area contributed by atoms with Crippen molar-refractivity contribution < 1.29 is 4.79 Å². The molecule has 82 valence electrons. The third-order valence-corrected chi connectivity index (χ3v) is 3.04. The summed E-state index contributed by atoms with van der Waals surface area (Å²) in [5.41, 5.74) is 5.44. The number of carbonyl (C=O) groups excluding carboxylic acids is 1. The lowest BCUT2D eigenvalue weighted by Gasteiger charge is -2.24. The summed E-state index contributed by atoms with van der Waals surface area (Å²) in [6.45, 7) is 6.40. The van der Waals surface area contributed by atoms with Crippen molar-refractivity contribution in [3.63, 3.8) is 0 Å². The molecule has 1 atom stereocenters. The molecule has 1 unspecified atom stereocenters. The maximum atomic E-state index is 11.9. The average molecular weight is 198 g/mol. The summed E-state index contributed by atoms with van der Waals surface area (Å²) in [4.78, 5) is 13.9. The lowest BCUT2D eigenvalue weighted by atomic mass is 10.0. The Bertz CT molecular complexity index is 190. The first kappa shape index (κ1) is 11.5. The highest BCUT2D eigenvalue weighted by molar-refractivity contribution is 5.79. The Morgan fingerprint density at radius 2 is 2.21 bits per heavy atom. The van der Waals surface area contributed by atoms with Crippen molar-refractivity contribution >= 4 is 5.91 Å². The van der Waals surface area contributed by atoms with E-state index in [4.69, 9.17) is 5.73 Å². The van der Waals surface area contributed by atoms with Gasteiger partial charge in [0, 0.05) is 19.0 Å². The Morgan fingerprint density at radius 1 is 1.57 bits per heavy atom. The zero-order chi connectivity index (χ0) is 10.6. The number of nitrogens with zero attached hydrogens (tertiary/aromatic N) is 1. The molecule has 0 aromatic heterocycles. The molecule has 2 N–H and O–H groups in total. The first-order chi connectivity index (χ1) is 6.70. The van der Waals surface area contributed by atoms with Gasteiger partial charge in [-0.1, -0.05) is 6.92 Å². The van der Waals surface area contributed by atoms with Crippen molar-refractivity contribution in [2.45, 2.75) is 33.1 Å². The maximum absolute atomic E-state index is 11.9. The molecule has 1 amide bonds. The van der Waals surface area contributed by atoms with E-state index in [-0.39, 0.29) is 5.92 Å². The highest BCUT2D eigenvalue weighted by Gasteiger charge is 2.34. The summed E-state index contributed by atoms with van der Waals surface area (Å²) in [5.74, 6) is 1.21. The molecule has 0 radical (unpaired) electrons. The second kappa shape index (κ2) is 5.35. The minimum Gasteiger partial charge on any atom is -0.343 e. The number of nitrogens with two attached hydrogens (primary N) is 1. The third kappa shape index (κ3) is 2.98. The Labute approximate surface area is 86.6 Å². The summed E-state index contributed by atoms with van der Waals surface area (Å²) in [5, 5.41) is 0. The van der Waals surface area contributed by atoms with E-state index in [0.29, 0.717) is 18.4 Å². The fraction of sp³-hybridized carbons (Fsp3) is 0.909. The van der Waals surface area contributed by atoms with Crippen molar-refractivity contribution in [2.24, 2.45) is 17.6 Å². The van der Waals surface area contributed by atoms with Crippen LogP contribution in [0, 0.1) is 11.8 Å². The largest absolute Gasteiger partial charge is 0.343 e. The molecule has 1 saturated carbocycles. The van der Waals surface area contributed by atoms with Crippen LogP contribution in [0.5, 0.6) is 0 Å². The molecule has 0 spiro atoms. The molecule has 1 fully saturated rings. The van der Waals surface area contributed by atoms with Gasteiger partial charge >= 0.3 is 0 Å². The van der Waals surface area contributed by atoms with E-state index in [1.807, 2.05) is 11.8 Å². The van der Waals surface area contributed by atoms with Gasteiger partial charge in [0.15, 0.2) is 0 Å². The predicted molar refractivity (Wildman–Crippen MR) is 57.8 cm³/mol. The van der Waals surface area contributed by atoms with Crippen LogP contribution in [0.15, 0.2) is 0 Å². The van der Waals surface area contributed by atoms with Gasteiger partial charge in [-0.25, -0.2) is 0 Å². The van der Waals surface area contributed by atoms with Crippen molar-refractivity contribution in [1.29, 1.82) is 0 Å². The number of amides is 1. The van der Waals surface area contributed by atoms with E-state index in [9.17, 15) is 4.79 Å². The van der Waals surface area contributed by atoms with Gasteiger partial charge in [0.1, 0.15) is 0 Å². The minimum atomic E-state index is 0.229. The topological polar surface area (TPSA) is 46.3 Å². The van der Waals surface area contributed by atoms with Gasteiger partial charge in [0.05, 0.1) is 0 Å². The lowest BCUT2D eigenvalue weighted by molar-refractivity contribution is -0.135. The molecule has 0 saturated heterocycles. The fourth-order valence-corrected chi connectivity index (χ4v) is 1.79. The smallest absolute Gasteiger partial charge is 0.225 e. The standard InChI is InChI=1S/C11H22N2O/c1-3-13(8-4-7-12)11(14)9(2)10-5-6-10/h9-10H,3-8,12H2,1-2H3. The molecule has 1 aliphatic rings. The van der Waals surface area contributed by atoms with Crippen LogP contribution >= 0.6 is 0 Å². The van der Waals surface area contributed by atoms with Gasteiger partial charge in [0.25, 0.3) is 0 Å². The van der Waals surface area contributed by atoms with Crippen molar-refractivity contribution in [3.05, 3.63) is 0 Å². The molecular formula is C11H22N2O. The summed E-state index contributed by atoms with van der Waals surface area (Å²) < 4.78 is 0. The van der Waals surface area contributed by atoms with Crippen molar-refractivity contribution in [1.82, 2.24) is 4.90 Å². The Kier molecular flexibility index (Phi) is 4.39. The van der Waals surface area contributed by atoms with Crippen LogP contribution in [0.3, 0.4) is 0 Å². The van der Waals surface area contributed by atoms with Gasteiger partial charge in [-0.2, -0.15) is 0 Å². The molecule has 0 aromatic carbocycles. The zero-order valence-corrected chi connectivity index (χ0v) is 9.33. The third-order valence-electron chi connectivity index (χ3n) is 3.04. The number of hydrogen-bond acceptors (Lipinski definition) is 2. The molecule has 14 heavy (non-hydrogen) atoms. The van der Waals surface area contributed by atoms with Crippen LogP contribution in [0.4, 0.5) is 0 Å². The Balaban J connectivity index is 2.37. The van der Waals surface area contributed by atoms with Crippen molar-refractivity contribution in [3.8, 4) is 0 Å². The second-order valence-corrected chi connectivity index (χ2v) is 4.19. The highest BCUT2D eigenvalue weighted by Crippen LogP contribution is 2.37. The molecule has 0 aromatic rings. The second-order valence-electron chi connectivity index (χ2n) is 4.19. The molecule has 1 aliphatic carbocycles. The van der Waals surface area contributed by atoms with E-state index in [1.54, 1.807) is 0 Å². The van der Waals surface area contributed by atoms with Crippen LogP contribution in [0.1, 0.15) is 33.1 Å².